The van der Waals surface area contributed by atoms with Crippen LogP contribution < -0.4 is 0 Å². The zero-order chi connectivity index (χ0) is 13.9. The second-order valence-electron chi connectivity index (χ2n) is 4.80. The third kappa shape index (κ3) is 3.52. The molecule has 0 unspecified atom stereocenters. The van der Waals surface area contributed by atoms with E-state index >= 15 is 0 Å². The molecule has 1 aromatic carbocycles. The normalized spacial score (nSPS) is 16.6. The van der Waals surface area contributed by atoms with E-state index in [1.165, 1.54) is 28.6 Å². The predicted octanol–water partition coefficient (Wildman–Crippen LogP) is 1.50. The lowest BCUT2D eigenvalue weighted by Gasteiger charge is -2.36. The summed E-state index contributed by atoms with van der Waals surface area (Å²) in [6.45, 7) is -0.0483. The van der Waals surface area contributed by atoms with Crippen LogP contribution in [0.5, 0.6) is 0 Å². The summed E-state index contributed by atoms with van der Waals surface area (Å²) in [5.74, 6) is -0.531. The summed E-state index contributed by atoms with van der Waals surface area (Å²) in [5.41, 5.74) is 0.559. The first-order valence-electron chi connectivity index (χ1n) is 6.38. The Morgan fingerprint density at radius 2 is 1.89 bits per heavy atom. The standard InChI is InChI=1S/C13H18FNO3S/c14-12-6-4-11(5-7-12)10-19(17,18)15(8-9-16)13-2-1-3-13/h4-7,13,16H,1-3,8-10H2. The molecule has 6 heteroatoms. The molecule has 1 N–H and O–H groups in total. The van der Waals surface area contributed by atoms with Crippen LogP contribution in [0.25, 0.3) is 0 Å². The third-order valence-corrected chi connectivity index (χ3v) is 5.32. The number of rotatable bonds is 6. The van der Waals surface area contributed by atoms with Crippen molar-refractivity contribution in [2.75, 3.05) is 13.2 Å². The Balaban J connectivity index is 2.12. The molecule has 0 aromatic heterocycles. The molecule has 0 heterocycles. The average molecular weight is 287 g/mol. The minimum Gasteiger partial charge on any atom is -0.395 e. The molecular weight excluding hydrogens is 269 g/mol. The molecule has 0 saturated heterocycles. The number of halogens is 1. The van der Waals surface area contributed by atoms with Gasteiger partial charge in [0.15, 0.2) is 0 Å². The van der Waals surface area contributed by atoms with Gasteiger partial charge in [-0.05, 0) is 30.5 Å². The van der Waals surface area contributed by atoms with Crippen LogP contribution in [0, 0.1) is 5.82 Å². The van der Waals surface area contributed by atoms with Crippen molar-refractivity contribution in [2.45, 2.75) is 31.1 Å². The van der Waals surface area contributed by atoms with Gasteiger partial charge in [0.05, 0.1) is 12.4 Å². The zero-order valence-electron chi connectivity index (χ0n) is 10.6. The van der Waals surface area contributed by atoms with E-state index in [0.717, 1.165) is 19.3 Å². The predicted molar refractivity (Wildman–Crippen MR) is 70.5 cm³/mol. The monoisotopic (exact) mass is 287 g/mol. The number of nitrogens with zero attached hydrogens (tertiary/aromatic N) is 1. The maximum Gasteiger partial charge on any atom is 0.218 e. The summed E-state index contributed by atoms with van der Waals surface area (Å²) in [4.78, 5) is 0. The molecule has 106 valence electrons. The van der Waals surface area contributed by atoms with E-state index in [1.54, 1.807) is 0 Å². The highest BCUT2D eigenvalue weighted by Gasteiger charge is 2.33. The van der Waals surface area contributed by atoms with E-state index in [9.17, 15) is 12.8 Å². The third-order valence-electron chi connectivity index (χ3n) is 3.42. The molecule has 1 aliphatic carbocycles. The smallest absolute Gasteiger partial charge is 0.218 e. The fourth-order valence-corrected chi connectivity index (χ4v) is 4.00. The number of aliphatic hydroxyl groups is 1. The van der Waals surface area contributed by atoms with Crippen molar-refractivity contribution in [2.24, 2.45) is 0 Å². The van der Waals surface area contributed by atoms with E-state index in [4.69, 9.17) is 5.11 Å². The van der Waals surface area contributed by atoms with Crippen molar-refractivity contribution in [1.82, 2.24) is 4.31 Å². The van der Waals surface area contributed by atoms with Gasteiger partial charge in [0.1, 0.15) is 5.82 Å². The van der Waals surface area contributed by atoms with Gasteiger partial charge in [0, 0.05) is 12.6 Å². The van der Waals surface area contributed by atoms with Crippen molar-refractivity contribution in [3.8, 4) is 0 Å². The quantitative estimate of drug-likeness (QED) is 0.862. The van der Waals surface area contributed by atoms with Gasteiger partial charge in [-0.1, -0.05) is 18.6 Å². The molecule has 1 fully saturated rings. The van der Waals surface area contributed by atoms with Crippen LogP contribution in [0.3, 0.4) is 0 Å². The first-order chi connectivity index (χ1) is 9.03. The lowest BCUT2D eigenvalue weighted by molar-refractivity contribution is 0.178. The highest BCUT2D eigenvalue weighted by molar-refractivity contribution is 7.88. The Morgan fingerprint density at radius 3 is 2.37 bits per heavy atom. The van der Waals surface area contributed by atoms with Crippen LogP contribution in [0.15, 0.2) is 24.3 Å². The molecule has 1 aliphatic rings. The lowest BCUT2D eigenvalue weighted by Crippen LogP contribution is -2.46. The van der Waals surface area contributed by atoms with Crippen molar-refractivity contribution in [3.05, 3.63) is 35.6 Å². The van der Waals surface area contributed by atoms with Gasteiger partial charge in [-0.3, -0.25) is 0 Å². The molecule has 0 amide bonds. The maximum atomic E-state index is 12.8. The molecule has 19 heavy (non-hydrogen) atoms. The number of hydrogen-bond donors (Lipinski definition) is 1. The molecule has 1 saturated carbocycles. The van der Waals surface area contributed by atoms with Gasteiger partial charge in [-0.25, -0.2) is 12.8 Å². The van der Waals surface area contributed by atoms with Gasteiger partial charge in [0.25, 0.3) is 0 Å². The van der Waals surface area contributed by atoms with Crippen LogP contribution in [-0.2, 0) is 15.8 Å². The first kappa shape index (κ1) is 14.4. The largest absolute Gasteiger partial charge is 0.395 e. The lowest BCUT2D eigenvalue weighted by atomic mass is 9.93. The molecule has 2 rings (SSSR count). The van der Waals surface area contributed by atoms with E-state index < -0.39 is 10.0 Å². The van der Waals surface area contributed by atoms with E-state index in [0.29, 0.717) is 5.56 Å². The van der Waals surface area contributed by atoms with E-state index in [2.05, 4.69) is 0 Å². The average Bonchev–Trinajstić information content (AvgIpc) is 2.29. The minimum absolute atomic E-state index is 0.0117. The molecular formula is C13H18FNO3S. The molecule has 4 nitrogen and oxygen atoms in total. The van der Waals surface area contributed by atoms with E-state index in [1.807, 2.05) is 0 Å². The summed E-state index contributed by atoms with van der Waals surface area (Å²) in [7, 11) is -3.46. The fourth-order valence-electron chi connectivity index (χ4n) is 2.20. The van der Waals surface area contributed by atoms with Gasteiger partial charge in [-0.2, -0.15) is 4.31 Å². The SMILES string of the molecule is O=S(=O)(Cc1ccc(F)cc1)N(CCO)C1CCC1. The first-order valence-corrected chi connectivity index (χ1v) is 7.98. The van der Waals surface area contributed by atoms with Crippen LogP contribution in [-0.4, -0.2) is 37.0 Å². The Bertz CT molecular complexity index is 511. The Morgan fingerprint density at radius 1 is 1.26 bits per heavy atom. The minimum atomic E-state index is -3.46. The number of aliphatic hydroxyl groups excluding tert-OH is 1. The number of benzene rings is 1. The van der Waals surface area contributed by atoms with Crippen LogP contribution in [0.2, 0.25) is 0 Å². The van der Waals surface area contributed by atoms with E-state index in [-0.39, 0.29) is 30.8 Å². The Hall–Kier alpha value is -0.980. The fraction of sp³-hybridized carbons (Fsp3) is 0.538. The molecule has 0 atom stereocenters. The van der Waals surface area contributed by atoms with Crippen LogP contribution in [0.1, 0.15) is 24.8 Å². The second-order valence-corrected chi connectivity index (χ2v) is 6.72. The molecule has 0 radical (unpaired) electrons. The second kappa shape index (κ2) is 5.98. The van der Waals surface area contributed by atoms with Crippen molar-refractivity contribution < 1.29 is 17.9 Å². The highest BCUT2D eigenvalue weighted by Crippen LogP contribution is 2.28. The number of sulfonamides is 1. The summed E-state index contributed by atoms with van der Waals surface area (Å²) in [5, 5.41) is 9.02. The summed E-state index contributed by atoms with van der Waals surface area (Å²) in [6, 6.07) is 5.47. The number of hydrogen-bond acceptors (Lipinski definition) is 3. The molecule has 0 spiro atoms. The summed E-state index contributed by atoms with van der Waals surface area (Å²) in [6.07, 6.45) is 2.73. The molecule has 0 bridgehead atoms. The van der Waals surface area contributed by atoms with Gasteiger partial charge in [0.2, 0.25) is 10.0 Å². The van der Waals surface area contributed by atoms with Crippen molar-refractivity contribution in [1.29, 1.82) is 0 Å². The zero-order valence-corrected chi connectivity index (χ0v) is 11.4. The Labute approximate surface area is 112 Å². The topological polar surface area (TPSA) is 57.6 Å². The Kier molecular flexibility index (Phi) is 4.54. The van der Waals surface area contributed by atoms with Crippen molar-refractivity contribution in [3.63, 3.8) is 0 Å². The van der Waals surface area contributed by atoms with Gasteiger partial charge in [-0.15, -0.1) is 0 Å². The van der Waals surface area contributed by atoms with Gasteiger partial charge >= 0.3 is 0 Å². The highest BCUT2D eigenvalue weighted by atomic mass is 32.2. The summed E-state index contributed by atoms with van der Waals surface area (Å²) < 4.78 is 38.8. The maximum absolute atomic E-state index is 12.8. The van der Waals surface area contributed by atoms with Gasteiger partial charge < -0.3 is 5.11 Å². The molecule has 1 aromatic rings. The van der Waals surface area contributed by atoms with Crippen LogP contribution >= 0.6 is 0 Å². The summed E-state index contributed by atoms with van der Waals surface area (Å²) >= 11 is 0. The van der Waals surface area contributed by atoms with Crippen LogP contribution in [0.4, 0.5) is 4.39 Å². The molecule has 0 aliphatic heterocycles. The van der Waals surface area contributed by atoms with Crippen molar-refractivity contribution >= 4 is 10.0 Å².